The Labute approximate surface area is 129 Å². The van der Waals surface area contributed by atoms with Crippen LogP contribution >= 0.6 is 22.9 Å². The van der Waals surface area contributed by atoms with E-state index in [0.29, 0.717) is 5.02 Å². The maximum absolute atomic E-state index is 11.1. The number of hydrogen-bond donors (Lipinski definition) is 1. The molecule has 3 rings (SSSR count). The molecule has 0 fully saturated rings. The average Bonchev–Trinajstić information content (AvgIpc) is 2.82. The Kier molecular flexibility index (Phi) is 3.77. The summed E-state index contributed by atoms with van der Waals surface area (Å²) in [4.78, 5) is 15.9. The van der Waals surface area contributed by atoms with Crippen molar-refractivity contribution in [1.29, 1.82) is 0 Å². The van der Waals surface area contributed by atoms with Gasteiger partial charge in [-0.05, 0) is 12.1 Å². The molecule has 0 bridgehead atoms. The third-order valence-electron chi connectivity index (χ3n) is 2.98. The van der Waals surface area contributed by atoms with E-state index in [-0.39, 0.29) is 17.9 Å². The molecule has 0 aliphatic heterocycles. The van der Waals surface area contributed by atoms with Crippen LogP contribution in [0.5, 0.6) is 5.75 Å². The van der Waals surface area contributed by atoms with Crippen molar-refractivity contribution in [2.75, 3.05) is 0 Å². The SMILES string of the molecule is O=C(O)c1ccncc1OCc1sc2ccccc2c1Cl. The average molecular weight is 320 g/mol. The first-order chi connectivity index (χ1) is 10.2. The lowest BCUT2D eigenvalue weighted by Gasteiger charge is -2.07. The summed E-state index contributed by atoms with van der Waals surface area (Å²) >= 11 is 7.86. The van der Waals surface area contributed by atoms with E-state index < -0.39 is 5.97 Å². The Morgan fingerprint density at radius 3 is 2.90 bits per heavy atom. The summed E-state index contributed by atoms with van der Waals surface area (Å²) in [6.07, 6.45) is 2.81. The minimum Gasteiger partial charge on any atom is -0.485 e. The zero-order valence-corrected chi connectivity index (χ0v) is 12.3. The smallest absolute Gasteiger partial charge is 0.339 e. The van der Waals surface area contributed by atoms with Crippen LogP contribution in [0.2, 0.25) is 5.02 Å². The molecule has 1 aromatic carbocycles. The monoisotopic (exact) mass is 319 g/mol. The van der Waals surface area contributed by atoms with Crippen molar-refractivity contribution >= 4 is 39.0 Å². The summed E-state index contributed by atoms with van der Waals surface area (Å²) in [5, 5.41) is 10.7. The highest BCUT2D eigenvalue weighted by Crippen LogP contribution is 2.35. The maximum atomic E-state index is 11.1. The van der Waals surface area contributed by atoms with Gasteiger partial charge in [-0.2, -0.15) is 0 Å². The fraction of sp³-hybridized carbons (Fsp3) is 0.0667. The standard InChI is InChI=1S/C15H10ClNO3S/c16-14-10-3-1-2-4-12(10)21-13(14)8-20-11-7-17-6-5-9(11)15(18)19/h1-7H,8H2,(H,18,19). The van der Waals surface area contributed by atoms with E-state index in [2.05, 4.69) is 4.98 Å². The molecular weight excluding hydrogens is 310 g/mol. The van der Waals surface area contributed by atoms with Crippen LogP contribution in [0.4, 0.5) is 0 Å². The zero-order valence-electron chi connectivity index (χ0n) is 10.7. The van der Waals surface area contributed by atoms with Gasteiger partial charge >= 0.3 is 5.97 Å². The Balaban J connectivity index is 1.87. The van der Waals surface area contributed by atoms with Crippen molar-refractivity contribution in [3.8, 4) is 5.75 Å². The second kappa shape index (κ2) is 5.71. The number of rotatable bonds is 4. The Morgan fingerprint density at radius 1 is 1.33 bits per heavy atom. The number of ether oxygens (including phenoxy) is 1. The van der Waals surface area contributed by atoms with Crippen molar-refractivity contribution in [3.05, 3.63) is 58.2 Å². The van der Waals surface area contributed by atoms with Gasteiger partial charge in [0.25, 0.3) is 0 Å². The molecule has 21 heavy (non-hydrogen) atoms. The van der Waals surface area contributed by atoms with Crippen LogP contribution in [0.3, 0.4) is 0 Å². The lowest BCUT2D eigenvalue weighted by atomic mass is 10.2. The van der Waals surface area contributed by atoms with Crippen molar-refractivity contribution < 1.29 is 14.6 Å². The normalized spacial score (nSPS) is 10.7. The van der Waals surface area contributed by atoms with E-state index in [1.165, 1.54) is 29.8 Å². The van der Waals surface area contributed by atoms with Crippen molar-refractivity contribution in [1.82, 2.24) is 4.98 Å². The van der Waals surface area contributed by atoms with Crippen molar-refractivity contribution in [2.45, 2.75) is 6.61 Å². The topological polar surface area (TPSA) is 59.4 Å². The fourth-order valence-corrected chi connectivity index (χ4v) is 3.37. The van der Waals surface area contributed by atoms with Gasteiger partial charge in [-0.1, -0.05) is 29.8 Å². The van der Waals surface area contributed by atoms with Crippen LogP contribution in [0.1, 0.15) is 15.2 Å². The lowest BCUT2D eigenvalue weighted by Crippen LogP contribution is -2.03. The summed E-state index contributed by atoms with van der Waals surface area (Å²) in [7, 11) is 0. The second-order valence-corrected chi connectivity index (χ2v) is 5.82. The van der Waals surface area contributed by atoms with E-state index in [4.69, 9.17) is 21.4 Å². The Morgan fingerprint density at radius 2 is 2.14 bits per heavy atom. The Bertz CT molecular complexity index is 816. The van der Waals surface area contributed by atoms with E-state index in [0.717, 1.165) is 15.0 Å². The number of carboxylic acids is 1. The highest BCUT2D eigenvalue weighted by atomic mass is 35.5. The second-order valence-electron chi connectivity index (χ2n) is 4.30. The van der Waals surface area contributed by atoms with Crippen LogP contribution in [-0.2, 0) is 6.61 Å². The number of nitrogens with zero attached hydrogens (tertiary/aromatic N) is 1. The zero-order chi connectivity index (χ0) is 14.8. The molecular formula is C15H10ClNO3S. The summed E-state index contributed by atoms with van der Waals surface area (Å²) in [6, 6.07) is 9.22. The third kappa shape index (κ3) is 2.70. The fourth-order valence-electron chi connectivity index (χ4n) is 1.97. The molecule has 0 spiro atoms. The molecule has 4 nitrogen and oxygen atoms in total. The van der Waals surface area contributed by atoms with Gasteiger partial charge in [0.2, 0.25) is 0 Å². The first-order valence-electron chi connectivity index (χ1n) is 6.13. The molecule has 0 radical (unpaired) electrons. The highest BCUT2D eigenvalue weighted by molar-refractivity contribution is 7.19. The molecule has 6 heteroatoms. The quantitative estimate of drug-likeness (QED) is 0.782. The molecule has 0 saturated carbocycles. The first-order valence-corrected chi connectivity index (χ1v) is 7.32. The van der Waals surface area contributed by atoms with Gasteiger partial charge in [-0.25, -0.2) is 4.79 Å². The maximum Gasteiger partial charge on any atom is 0.339 e. The molecule has 0 atom stereocenters. The number of fused-ring (bicyclic) bond motifs is 1. The van der Waals surface area contributed by atoms with Crippen LogP contribution in [-0.4, -0.2) is 16.1 Å². The first kappa shape index (κ1) is 13.9. The summed E-state index contributed by atoms with van der Waals surface area (Å²) < 4.78 is 6.65. The number of pyridine rings is 1. The van der Waals surface area contributed by atoms with Gasteiger partial charge in [0.05, 0.1) is 16.1 Å². The summed E-state index contributed by atoms with van der Waals surface area (Å²) in [5.41, 5.74) is 0.0854. The molecule has 1 N–H and O–H groups in total. The largest absolute Gasteiger partial charge is 0.485 e. The van der Waals surface area contributed by atoms with E-state index in [1.54, 1.807) is 0 Å². The van der Waals surface area contributed by atoms with E-state index in [9.17, 15) is 4.79 Å². The highest BCUT2D eigenvalue weighted by Gasteiger charge is 2.14. The van der Waals surface area contributed by atoms with Crippen LogP contribution in [0, 0.1) is 0 Å². The number of hydrogen-bond acceptors (Lipinski definition) is 4. The summed E-state index contributed by atoms with van der Waals surface area (Å²) in [5.74, 6) is -0.812. The number of aromatic carboxylic acids is 1. The number of benzene rings is 1. The molecule has 0 unspecified atom stereocenters. The predicted octanol–water partition coefficient (Wildman–Crippen LogP) is 4.23. The van der Waals surface area contributed by atoms with E-state index >= 15 is 0 Å². The molecule has 0 saturated heterocycles. The van der Waals surface area contributed by atoms with Crippen LogP contribution < -0.4 is 4.74 Å². The predicted molar refractivity (Wildman–Crippen MR) is 82.4 cm³/mol. The molecule has 2 heterocycles. The Hall–Kier alpha value is -2.11. The van der Waals surface area contributed by atoms with Crippen molar-refractivity contribution in [3.63, 3.8) is 0 Å². The van der Waals surface area contributed by atoms with Gasteiger partial charge in [0.1, 0.15) is 12.2 Å². The molecule has 0 aliphatic rings. The lowest BCUT2D eigenvalue weighted by molar-refractivity contribution is 0.0691. The van der Waals surface area contributed by atoms with E-state index in [1.807, 2.05) is 24.3 Å². The third-order valence-corrected chi connectivity index (χ3v) is 4.66. The minimum absolute atomic E-state index is 0.0854. The van der Waals surface area contributed by atoms with Gasteiger partial charge in [0.15, 0.2) is 5.75 Å². The molecule has 0 aliphatic carbocycles. The molecule has 0 amide bonds. The van der Waals surface area contributed by atoms with Crippen molar-refractivity contribution in [2.24, 2.45) is 0 Å². The van der Waals surface area contributed by atoms with Gasteiger partial charge in [-0.3, -0.25) is 4.98 Å². The van der Waals surface area contributed by atoms with Gasteiger partial charge in [0, 0.05) is 16.3 Å². The van der Waals surface area contributed by atoms with Crippen LogP contribution in [0.15, 0.2) is 42.7 Å². The molecule has 2 aromatic heterocycles. The summed E-state index contributed by atoms with van der Waals surface area (Å²) in [6.45, 7) is 0.212. The molecule has 3 aromatic rings. The number of halogens is 1. The minimum atomic E-state index is -1.05. The van der Waals surface area contributed by atoms with Crippen LogP contribution in [0.25, 0.3) is 10.1 Å². The number of aromatic nitrogens is 1. The number of carbonyl (C=O) groups is 1. The van der Waals surface area contributed by atoms with Gasteiger partial charge < -0.3 is 9.84 Å². The number of thiophene rings is 1. The van der Waals surface area contributed by atoms with Gasteiger partial charge in [-0.15, -0.1) is 11.3 Å². The molecule has 106 valence electrons. The number of carboxylic acid groups (broad SMARTS) is 1.